The highest BCUT2D eigenvalue weighted by Gasteiger charge is 2.12. The van der Waals surface area contributed by atoms with Gasteiger partial charge in [0.15, 0.2) is 11.5 Å². The van der Waals surface area contributed by atoms with Crippen LogP contribution in [0, 0.1) is 0 Å². The lowest BCUT2D eigenvalue weighted by atomic mass is 10.0. The van der Waals surface area contributed by atoms with Crippen molar-refractivity contribution >= 4 is 18.0 Å². The normalized spacial score (nSPS) is 10.8. The van der Waals surface area contributed by atoms with Crippen LogP contribution < -0.4 is 20.2 Å². The molecule has 0 unspecified atom stereocenters. The summed E-state index contributed by atoms with van der Waals surface area (Å²) in [6.07, 6.45) is 2.33. The SMILES string of the molecule is CCCOc1ccc(/C=N\NC(=O)C(=O)NCc2ccc(C(C)C)cc2)cc1OC. The molecule has 2 N–H and O–H groups in total. The van der Waals surface area contributed by atoms with E-state index in [1.54, 1.807) is 25.3 Å². The van der Waals surface area contributed by atoms with Gasteiger partial charge in [0.2, 0.25) is 0 Å². The largest absolute Gasteiger partial charge is 0.493 e. The molecule has 160 valence electrons. The van der Waals surface area contributed by atoms with Gasteiger partial charge < -0.3 is 14.8 Å². The third-order valence-corrected chi connectivity index (χ3v) is 4.33. The lowest BCUT2D eigenvalue weighted by Gasteiger charge is -2.10. The molecule has 0 spiro atoms. The Labute approximate surface area is 177 Å². The summed E-state index contributed by atoms with van der Waals surface area (Å²) < 4.78 is 10.9. The fourth-order valence-corrected chi connectivity index (χ4v) is 2.59. The molecule has 2 rings (SSSR count). The van der Waals surface area contributed by atoms with E-state index in [9.17, 15) is 9.59 Å². The molecular formula is C23H29N3O4. The Kier molecular flexibility index (Phi) is 8.87. The van der Waals surface area contributed by atoms with Gasteiger partial charge in [0.1, 0.15) is 0 Å². The van der Waals surface area contributed by atoms with Gasteiger partial charge in [0, 0.05) is 6.54 Å². The van der Waals surface area contributed by atoms with Crippen molar-refractivity contribution in [2.75, 3.05) is 13.7 Å². The third kappa shape index (κ3) is 6.92. The molecule has 0 atom stereocenters. The van der Waals surface area contributed by atoms with Gasteiger partial charge in [-0.15, -0.1) is 0 Å². The molecule has 7 nitrogen and oxygen atoms in total. The van der Waals surface area contributed by atoms with Crippen molar-refractivity contribution in [1.82, 2.24) is 10.7 Å². The van der Waals surface area contributed by atoms with Crippen molar-refractivity contribution < 1.29 is 19.1 Å². The molecule has 0 aliphatic rings. The van der Waals surface area contributed by atoms with Crippen LogP contribution in [-0.2, 0) is 16.1 Å². The first-order chi connectivity index (χ1) is 14.4. The van der Waals surface area contributed by atoms with Crippen LogP contribution in [-0.4, -0.2) is 31.7 Å². The molecule has 0 aliphatic heterocycles. The van der Waals surface area contributed by atoms with Crippen LogP contribution in [0.4, 0.5) is 0 Å². The van der Waals surface area contributed by atoms with Crippen molar-refractivity contribution in [3.8, 4) is 11.5 Å². The zero-order valence-corrected chi connectivity index (χ0v) is 17.9. The topological polar surface area (TPSA) is 89.0 Å². The number of amides is 2. The number of hydrogen-bond donors (Lipinski definition) is 2. The molecule has 0 aromatic heterocycles. The van der Waals surface area contributed by atoms with Crippen LogP contribution in [0.3, 0.4) is 0 Å². The van der Waals surface area contributed by atoms with Crippen molar-refractivity contribution in [3.05, 3.63) is 59.2 Å². The molecule has 2 aromatic carbocycles. The fourth-order valence-electron chi connectivity index (χ4n) is 2.59. The number of nitrogens with one attached hydrogen (secondary N) is 2. The summed E-state index contributed by atoms with van der Waals surface area (Å²) in [7, 11) is 1.55. The maximum atomic E-state index is 11.9. The quantitative estimate of drug-likeness (QED) is 0.376. The number of carbonyl (C=O) groups is 2. The summed E-state index contributed by atoms with van der Waals surface area (Å²) >= 11 is 0. The maximum Gasteiger partial charge on any atom is 0.329 e. The second-order valence-corrected chi connectivity index (χ2v) is 7.04. The number of methoxy groups -OCH3 is 1. The van der Waals surface area contributed by atoms with E-state index in [4.69, 9.17) is 9.47 Å². The van der Waals surface area contributed by atoms with Gasteiger partial charge in [-0.2, -0.15) is 5.10 Å². The van der Waals surface area contributed by atoms with Crippen molar-refractivity contribution in [1.29, 1.82) is 0 Å². The standard InChI is InChI=1S/C23H29N3O4/c1-5-12-30-20-11-8-18(13-21(20)29-4)15-25-26-23(28)22(27)24-14-17-6-9-19(10-7-17)16(2)3/h6-11,13,15-16H,5,12,14H2,1-4H3,(H,24,27)(H,26,28)/b25-15-. The average molecular weight is 412 g/mol. The highest BCUT2D eigenvalue weighted by molar-refractivity contribution is 6.35. The van der Waals surface area contributed by atoms with E-state index in [2.05, 4.69) is 29.7 Å². The molecule has 30 heavy (non-hydrogen) atoms. The Balaban J connectivity index is 1.85. The van der Waals surface area contributed by atoms with Gasteiger partial charge in [-0.1, -0.05) is 45.0 Å². The second kappa shape index (κ2) is 11.6. The van der Waals surface area contributed by atoms with Gasteiger partial charge in [-0.3, -0.25) is 9.59 Å². The Hall–Kier alpha value is -3.35. The molecule has 2 amide bonds. The summed E-state index contributed by atoms with van der Waals surface area (Å²) in [5, 5.41) is 6.41. The van der Waals surface area contributed by atoms with Crippen LogP contribution in [0.5, 0.6) is 11.5 Å². The van der Waals surface area contributed by atoms with Gasteiger partial charge >= 0.3 is 11.8 Å². The summed E-state index contributed by atoms with van der Waals surface area (Å²) in [4.78, 5) is 23.9. The smallest absolute Gasteiger partial charge is 0.329 e. The lowest BCUT2D eigenvalue weighted by Crippen LogP contribution is -2.37. The molecule has 0 heterocycles. The monoisotopic (exact) mass is 411 g/mol. The third-order valence-electron chi connectivity index (χ3n) is 4.33. The molecule has 0 aliphatic carbocycles. The van der Waals surface area contributed by atoms with E-state index in [1.165, 1.54) is 11.8 Å². The Morgan fingerprint density at radius 1 is 1.07 bits per heavy atom. The Bertz CT molecular complexity index is 877. The minimum absolute atomic E-state index is 0.269. The van der Waals surface area contributed by atoms with Crippen molar-refractivity contribution in [2.24, 2.45) is 5.10 Å². The van der Waals surface area contributed by atoms with Gasteiger partial charge in [-0.25, -0.2) is 5.43 Å². The van der Waals surface area contributed by atoms with Gasteiger partial charge in [0.25, 0.3) is 0 Å². The minimum Gasteiger partial charge on any atom is -0.493 e. The summed E-state index contributed by atoms with van der Waals surface area (Å²) in [6.45, 7) is 7.12. The molecule has 2 aromatic rings. The van der Waals surface area contributed by atoms with E-state index >= 15 is 0 Å². The minimum atomic E-state index is -0.833. The first-order valence-electron chi connectivity index (χ1n) is 9.95. The molecule has 0 bridgehead atoms. The zero-order valence-electron chi connectivity index (χ0n) is 17.9. The number of ether oxygens (including phenoxy) is 2. The highest BCUT2D eigenvalue weighted by atomic mass is 16.5. The number of rotatable bonds is 9. The van der Waals surface area contributed by atoms with Crippen LogP contribution in [0.1, 0.15) is 49.8 Å². The summed E-state index contributed by atoms with van der Waals surface area (Å²) in [5.74, 6) is 0.0690. The number of benzene rings is 2. The zero-order chi connectivity index (χ0) is 21.9. The average Bonchev–Trinajstić information content (AvgIpc) is 2.76. The second-order valence-electron chi connectivity index (χ2n) is 7.04. The van der Waals surface area contributed by atoms with Crippen LogP contribution >= 0.6 is 0 Å². The fraction of sp³-hybridized carbons (Fsp3) is 0.348. The first-order valence-corrected chi connectivity index (χ1v) is 9.95. The van der Waals surface area contributed by atoms with Crippen molar-refractivity contribution in [2.45, 2.75) is 39.7 Å². The Morgan fingerprint density at radius 3 is 2.43 bits per heavy atom. The van der Waals surface area contributed by atoms with E-state index in [0.29, 0.717) is 29.6 Å². The maximum absolute atomic E-state index is 11.9. The predicted molar refractivity (Wildman–Crippen MR) is 117 cm³/mol. The summed E-state index contributed by atoms with van der Waals surface area (Å²) in [5.41, 5.74) is 5.06. The molecule has 0 saturated heterocycles. The molecule has 7 heteroatoms. The number of hydrazone groups is 1. The van der Waals surface area contributed by atoms with Crippen LogP contribution in [0.25, 0.3) is 0 Å². The van der Waals surface area contributed by atoms with Crippen LogP contribution in [0.15, 0.2) is 47.6 Å². The summed E-state index contributed by atoms with van der Waals surface area (Å²) in [6, 6.07) is 13.2. The number of hydrogen-bond acceptors (Lipinski definition) is 5. The van der Waals surface area contributed by atoms with Crippen molar-refractivity contribution in [3.63, 3.8) is 0 Å². The highest BCUT2D eigenvalue weighted by Crippen LogP contribution is 2.27. The van der Waals surface area contributed by atoms with E-state index in [-0.39, 0.29) is 6.54 Å². The molecule has 0 fully saturated rings. The molecular weight excluding hydrogens is 382 g/mol. The van der Waals surface area contributed by atoms with E-state index in [1.807, 2.05) is 31.2 Å². The number of nitrogens with zero attached hydrogens (tertiary/aromatic N) is 1. The van der Waals surface area contributed by atoms with E-state index in [0.717, 1.165) is 12.0 Å². The number of carbonyl (C=O) groups excluding carboxylic acids is 2. The van der Waals surface area contributed by atoms with E-state index < -0.39 is 11.8 Å². The first kappa shape index (κ1) is 22.9. The lowest BCUT2D eigenvalue weighted by molar-refractivity contribution is -0.139. The molecule has 0 radical (unpaired) electrons. The van der Waals surface area contributed by atoms with Crippen LogP contribution in [0.2, 0.25) is 0 Å². The molecule has 0 saturated carbocycles. The van der Waals surface area contributed by atoms with Gasteiger partial charge in [-0.05, 0) is 47.2 Å². The van der Waals surface area contributed by atoms with Gasteiger partial charge in [0.05, 0.1) is 19.9 Å². The Morgan fingerprint density at radius 2 is 1.80 bits per heavy atom. The predicted octanol–water partition coefficient (Wildman–Crippen LogP) is 3.37.